The van der Waals surface area contributed by atoms with Gasteiger partial charge in [-0.3, -0.25) is 0 Å². The van der Waals surface area contributed by atoms with Gasteiger partial charge in [-0.2, -0.15) is 43.8 Å². The highest BCUT2D eigenvalue weighted by Crippen LogP contribution is 2.55. The molecule has 0 aromatic carbocycles. The summed E-state index contributed by atoms with van der Waals surface area (Å²) in [6, 6.07) is 0.216. The van der Waals surface area contributed by atoms with Crippen molar-refractivity contribution >= 4 is 18.3 Å². The average molecular weight is 471 g/mol. The lowest BCUT2D eigenvalue weighted by molar-refractivity contribution is -0.382. The highest BCUT2D eigenvalue weighted by atomic mass is 32.2. The molecule has 0 aliphatic carbocycles. The number of sulfonamides is 1. The van der Waals surface area contributed by atoms with Gasteiger partial charge in [0, 0.05) is 19.7 Å². The first-order valence-electron chi connectivity index (χ1n) is 8.06. The molecule has 4 nitrogen and oxygen atoms in total. The van der Waals surface area contributed by atoms with Crippen molar-refractivity contribution in [1.82, 2.24) is 4.31 Å². The van der Waals surface area contributed by atoms with Crippen molar-refractivity contribution < 1.29 is 52.4 Å². The molecule has 0 unspecified atom stereocenters. The van der Waals surface area contributed by atoms with Crippen molar-refractivity contribution in [3.63, 3.8) is 0 Å². The summed E-state index contributed by atoms with van der Waals surface area (Å²) in [7, 11) is -8.84. The summed E-state index contributed by atoms with van der Waals surface area (Å²) in [6.07, 6.45) is -7.22. The number of nitrogens with zero attached hydrogens (tertiary/aromatic N) is 1. The Morgan fingerprint density at radius 1 is 0.893 bits per heavy atom. The SMILES string of the molecule is CCO[Si](C)(C)CCCN(CC)S(=O)(=O)C(F)(F)C(F)(F)C(F)(F)C(F)(F)F. The second-order valence-electron chi connectivity index (χ2n) is 6.46. The maximum Gasteiger partial charge on any atom is 0.460 e. The molecule has 0 rings (SSSR count). The summed E-state index contributed by atoms with van der Waals surface area (Å²) in [5.74, 6) is -14.5. The number of hydrogen-bond donors (Lipinski definition) is 0. The Bertz CT molecular complexity index is 623. The van der Waals surface area contributed by atoms with E-state index < -0.39 is 54.7 Å². The normalized spacial score (nSPS) is 15.4. The standard InChI is InChI=1S/C13H22F9NO3SSi/c1-5-23(8-7-9-28(3,4)26-6-2)27(24,25)13(21,22)11(16,17)10(14,15)12(18,19)20/h5-9H2,1-4H3. The number of hydrogen-bond acceptors (Lipinski definition) is 3. The van der Waals surface area contributed by atoms with Gasteiger partial charge in [0.25, 0.3) is 10.0 Å². The molecule has 28 heavy (non-hydrogen) atoms. The van der Waals surface area contributed by atoms with E-state index in [1.165, 1.54) is 0 Å². The first kappa shape index (κ1) is 27.5. The van der Waals surface area contributed by atoms with Gasteiger partial charge < -0.3 is 4.43 Å². The number of rotatable bonds is 11. The van der Waals surface area contributed by atoms with Crippen LogP contribution in [0.2, 0.25) is 19.1 Å². The van der Waals surface area contributed by atoms with Crippen LogP contribution in [0.15, 0.2) is 0 Å². The molecule has 0 saturated heterocycles. The predicted octanol–water partition coefficient (Wildman–Crippen LogP) is 4.70. The van der Waals surface area contributed by atoms with Gasteiger partial charge >= 0.3 is 23.3 Å². The second kappa shape index (κ2) is 8.68. The highest BCUT2D eigenvalue weighted by molar-refractivity contribution is 7.90. The van der Waals surface area contributed by atoms with E-state index >= 15 is 0 Å². The molecule has 0 aliphatic heterocycles. The van der Waals surface area contributed by atoms with E-state index in [0.717, 1.165) is 6.92 Å². The van der Waals surface area contributed by atoms with Gasteiger partial charge in [0.1, 0.15) is 0 Å². The largest absolute Gasteiger partial charge is 0.460 e. The Morgan fingerprint density at radius 3 is 1.71 bits per heavy atom. The van der Waals surface area contributed by atoms with Gasteiger partial charge in [0.15, 0.2) is 8.32 Å². The van der Waals surface area contributed by atoms with Gasteiger partial charge in [-0.15, -0.1) is 0 Å². The Kier molecular flexibility index (Phi) is 8.51. The number of halogens is 9. The zero-order valence-electron chi connectivity index (χ0n) is 15.5. The molecule has 0 spiro atoms. The average Bonchev–Trinajstić information content (AvgIpc) is 2.49. The molecule has 170 valence electrons. The minimum atomic E-state index is -7.26. The molecular weight excluding hydrogens is 449 g/mol. The molecule has 0 radical (unpaired) electrons. The zero-order valence-corrected chi connectivity index (χ0v) is 17.3. The fraction of sp³-hybridized carbons (Fsp3) is 1.00. The van der Waals surface area contributed by atoms with Crippen molar-refractivity contribution in [2.45, 2.75) is 62.7 Å². The van der Waals surface area contributed by atoms with Crippen LogP contribution in [0, 0.1) is 0 Å². The molecule has 0 aliphatic rings. The lowest BCUT2D eigenvalue weighted by Gasteiger charge is -2.35. The molecule has 0 bridgehead atoms. The lowest BCUT2D eigenvalue weighted by Crippen LogP contribution is -2.65. The second-order valence-corrected chi connectivity index (χ2v) is 12.7. The van der Waals surface area contributed by atoms with Crippen LogP contribution in [-0.4, -0.2) is 64.0 Å². The Balaban J connectivity index is 5.73. The quantitative estimate of drug-likeness (QED) is 0.324. The van der Waals surface area contributed by atoms with Crippen LogP contribution in [0.25, 0.3) is 0 Å². The van der Waals surface area contributed by atoms with Crippen molar-refractivity contribution in [2.75, 3.05) is 19.7 Å². The Labute approximate surface area is 158 Å². The van der Waals surface area contributed by atoms with Crippen LogP contribution in [-0.2, 0) is 14.4 Å². The first-order valence-corrected chi connectivity index (χ1v) is 12.6. The summed E-state index contributed by atoms with van der Waals surface area (Å²) in [5.41, 5.74) is 0. The van der Waals surface area contributed by atoms with E-state index in [1.54, 1.807) is 20.0 Å². The molecule has 0 aromatic rings. The third-order valence-corrected chi connectivity index (χ3v) is 8.51. The minimum absolute atomic E-state index is 0.135. The monoisotopic (exact) mass is 471 g/mol. The van der Waals surface area contributed by atoms with Gasteiger partial charge in [-0.1, -0.05) is 6.92 Å². The van der Waals surface area contributed by atoms with Crippen LogP contribution >= 0.6 is 0 Å². The third-order valence-electron chi connectivity index (χ3n) is 3.85. The molecule has 15 heteroatoms. The smallest absolute Gasteiger partial charge is 0.418 e. The fourth-order valence-electron chi connectivity index (χ4n) is 2.28. The van der Waals surface area contributed by atoms with Crippen LogP contribution in [0.4, 0.5) is 39.5 Å². The molecule has 0 atom stereocenters. The molecule has 0 heterocycles. The topological polar surface area (TPSA) is 46.6 Å². The van der Waals surface area contributed by atoms with E-state index in [0.29, 0.717) is 6.61 Å². The van der Waals surface area contributed by atoms with E-state index in [9.17, 15) is 47.9 Å². The van der Waals surface area contributed by atoms with E-state index in [1.807, 2.05) is 0 Å². The fourth-order valence-corrected chi connectivity index (χ4v) is 5.70. The zero-order chi connectivity index (χ0) is 22.8. The predicted molar refractivity (Wildman–Crippen MR) is 85.6 cm³/mol. The molecule has 0 saturated carbocycles. The first-order chi connectivity index (χ1) is 12.2. The van der Waals surface area contributed by atoms with Gasteiger partial charge in [0.2, 0.25) is 0 Å². The summed E-state index contributed by atoms with van der Waals surface area (Å²) in [4.78, 5) is 0. The van der Waals surface area contributed by atoms with Gasteiger partial charge in [-0.25, -0.2) is 8.42 Å². The van der Waals surface area contributed by atoms with Crippen LogP contribution in [0.3, 0.4) is 0 Å². The molecule has 0 N–H and O–H groups in total. The highest BCUT2D eigenvalue weighted by Gasteiger charge is 2.85. The summed E-state index contributed by atoms with van der Waals surface area (Å²) in [6.45, 7) is 4.79. The lowest BCUT2D eigenvalue weighted by atomic mass is 10.1. The van der Waals surface area contributed by atoms with E-state index in [2.05, 4.69) is 0 Å². The van der Waals surface area contributed by atoms with E-state index in [4.69, 9.17) is 4.43 Å². The molecule has 0 fully saturated rings. The Morgan fingerprint density at radius 2 is 1.36 bits per heavy atom. The van der Waals surface area contributed by atoms with Crippen LogP contribution in [0.5, 0.6) is 0 Å². The summed E-state index contributed by atoms with van der Waals surface area (Å²) in [5, 5.41) is -6.69. The maximum absolute atomic E-state index is 13.8. The van der Waals surface area contributed by atoms with E-state index in [-0.39, 0.29) is 16.8 Å². The summed E-state index contributed by atoms with van der Waals surface area (Å²) >= 11 is 0. The van der Waals surface area contributed by atoms with Crippen molar-refractivity contribution in [2.24, 2.45) is 0 Å². The van der Waals surface area contributed by atoms with Crippen LogP contribution in [0.1, 0.15) is 20.3 Å². The van der Waals surface area contributed by atoms with Crippen molar-refractivity contribution in [3.05, 3.63) is 0 Å². The van der Waals surface area contributed by atoms with Crippen molar-refractivity contribution in [1.29, 1.82) is 0 Å². The minimum Gasteiger partial charge on any atom is -0.418 e. The van der Waals surface area contributed by atoms with Crippen LogP contribution < -0.4 is 0 Å². The maximum atomic E-state index is 13.8. The van der Waals surface area contributed by atoms with Gasteiger partial charge in [0.05, 0.1) is 0 Å². The Hall–Kier alpha value is -0.543. The van der Waals surface area contributed by atoms with Crippen molar-refractivity contribution in [3.8, 4) is 0 Å². The molecule has 0 amide bonds. The summed E-state index contributed by atoms with van der Waals surface area (Å²) < 4.78 is 146. The molecular formula is C13H22F9NO3SSi. The molecule has 0 aromatic heterocycles. The number of alkyl halides is 9. The third kappa shape index (κ3) is 5.13. The van der Waals surface area contributed by atoms with Gasteiger partial charge in [-0.05, 0) is 32.5 Å².